The van der Waals surface area contributed by atoms with Crippen LogP contribution in [0, 0.1) is 17.8 Å². The molecule has 0 aromatic heterocycles. The van der Waals surface area contributed by atoms with Crippen molar-refractivity contribution in [1.29, 1.82) is 0 Å². The average Bonchev–Trinajstić information content (AvgIpc) is 2.62. The van der Waals surface area contributed by atoms with Crippen LogP contribution in [0.3, 0.4) is 0 Å². The first-order valence-corrected chi connectivity index (χ1v) is 9.26. The van der Waals surface area contributed by atoms with Gasteiger partial charge in [0.2, 0.25) is 11.8 Å². The second-order valence-electron chi connectivity index (χ2n) is 7.40. The van der Waals surface area contributed by atoms with Gasteiger partial charge in [-0.25, -0.2) is 0 Å². The highest BCUT2D eigenvalue weighted by molar-refractivity contribution is 5.88. The van der Waals surface area contributed by atoms with Gasteiger partial charge in [-0.15, -0.1) is 0 Å². The third-order valence-corrected chi connectivity index (χ3v) is 5.17. The minimum absolute atomic E-state index is 0.00389. The predicted octanol–water partition coefficient (Wildman–Crippen LogP) is 0.838. The van der Waals surface area contributed by atoms with Crippen molar-refractivity contribution in [1.82, 2.24) is 9.80 Å². The number of carbonyl (C=O) groups is 2. The molecule has 2 aliphatic heterocycles. The number of amides is 2. The Hall–Kier alpha value is -2.36. The first-order chi connectivity index (χ1) is 13.0. The summed E-state index contributed by atoms with van der Waals surface area (Å²) in [6.45, 7) is 4.49. The largest absolute Gasteiger partial charge is 0.394 e. The molecule has 2 fully saturated rings. The van der Waals surface area contributed by atoms with E-state index in [0.717, 1.165) is 11.1 Å². The van der Waals surface area contributed by atoms with Crippen LogP contribution in [0.25, 0.3) is 0 Å². The Morgan fingerprint density at radius 1 is 1.33 bits per heavy atom. The van der Waals surface area contributed by atoms with E-state index in [-0.39, 0.29) is 49.6 Å². The molecule has 2 heterocycles. The lowest BCUT2D eigenvalue weighted by atomic mass is 9.73. The van der Waals surface area contributed by atoms with Gasteiger partial charge in [0, 0.05) is 31.1 Å². The summed E-state index contributed by atoms with van der Waals surface area (Å²) >= 11 is 0. The van der Waals surface area contributed by atoms with E-state index in [0.29, 0.717) is 12.5 Å². The van der Waals surface area contributed by atoms with E-state index in [1.807, 2.05) is 38.1 Å². The van der Waals surface area contributed by atoms with Crippen molar-refractivity contribution in [2.45, 2.75) is 31.8 Å². The SMILES string of the molecule is COCC(=O)N1CC(=O)N2[C@H](CO)[C@@H](c3ccc(C#CC(C)C)cc3)[C@@H]2C1. The zero-order valence-corrected chi connectivity index (χ0v) is 16.0. The van der Waals surface area contributed by atoms with Gasteiger partial charge in [0.25, 0.3) is 0 Å². The third-order valence-electron chi connectivity index (χ3n) is 5.17. The van der Waals surface area contributed by atoms with Crippen LogP contribution in [0.5, 0.6) is 0 Å². The van der Waals surface area contributed by atoms with Crippen molar-refractivity contribution in [3.8, 4) is 11.8 Å². The van der Waals surface area contributed by atoms with Crippen LogP contribution in [0.1, 0.15) is 30.9 Å². The van der Waals surface area contributed by atoms with Gasteiger partial charge in [-0.2, -0.15) is 0 Å². The van der Waals surface area contributed by atoms with E-state index in [4.69, 9.17) is 4.74 Å². The fourth-order valence-electron chi connectivity index (χ4n) is 3.92. The minimum atomic E-state index is -0.241. The number of rotatable bonds is 4. The van der Waals surface area contributed by atoms with E-state index >= 15 is 0 Å². The molecule has 1 aromatic rings. The van der Waals surface area contributed by atoms with Gasteiger partial charge >= 0.3 is 0 Å². The Bertz CT molecular complexity index is 763. The van der Waals surface area contributed by atoms with Crippen LogP contribution in [-0.2, 0) is 14.3 Å². The monoisotopic (exact) mass is 370 g/mol. The molecule has 0 aliphatic carbocycles. The number of aliphatic hydroxyl groups is 1. The van der Waals surface area contributed by atoms with Crippen molar-refractivity contribution in [3.63, 3.8) is 0 Å². The maximum absolute atomic E-state index is 12.5. The molecule has 3 atom stereocenters. The second-order valence-corrected chi connectivity index (χ2v) is 7.40. The van der Waals surface area contributed by atoms with Crippen LogP contribution in [0.2, 0.25) is 0 Å². The molecule has 0 bridgehead atoms. The highest BCUT2D eigenvalue weighted by Gasteiger charge is 2.54. The molecule has 3 rings (SSSR count). The molecule has 27 heavy (non-hydrogen) atoms. The van der Waals surface area contributed by atoms with E-state index in [1.54, 1.807) is 9.80 Å². The standard InChI is InChI=1S/C21H26N2O4/c1-14(2)4-5-15-6-8-16(9-7-15)21-17-10-22(20(26)13-27-3)11-19(25)23(17)18(21)12-24/h6-9,14,17-18,21,24H,10-13H2,1-3H3/t17-,18+,21-/m0/s1. The highest BCUT2D eigenvalue weighted by atomic mass is 16.5. The van der Waals surface area contributed by atoms with Gasteiger partial charge < -0.3 is 19.6 Å². The molecule has 0 spiro atoms. The number of hydrogen-bond acceptors (Lipinski definition) is 4. The Morgan fingerprint density at radius 3 is 2.63 bits per heavy atom. The van der Waals surface area contributed by atoms with Crippen LogP contribution in [0.4, 0.5) is 0 Å². The summed E-state index contributed by atoms with van der Waals surface area (Å²) in [4.78, 5) is 27.9. The van der Waals surface area contributed by atoms with E-state index < -0.39 is 0 Å². The number of methoxy groups -OCH3 is 1. The third kappa shape index (κ3) is 3.85. The Balaban J connectivity index is 1.79. The summed E-state index contributed by atoms with van der Waals surface area (Å²) in [7, 11) is 1.47. The van der Waals surface area contributed by atoms with Crippen molar-refractivity contribution in [3.05, 3.63) is 35.4 Å². The number of benzene rings is 1. The first kappa shape index (κ1) is 19.4. The maximum Gasteiger partial charge on any atom is 0.249 e. The number of aliphatic hydroxyl groups excluding tert-OH is 1. The molecule has 2 aliphatic rings. The van der Waals surface area contributed by atoms with E-state index in [2.05, 4.69) is 11.8 Å². The van der Waals surface area contributed by atoms with Gasteiger partial charge in [0.15, 0.2) is 0 Å². The number of nitrogens with zero attached hydrogens (tertiary/aromatic N) is 2. The zero-order valence-electron chi connectivity index (χ0n) is 16.0. The van der Waals surface area contributed by atoms with Crippen LogP contribution in [-0.4, -0.2) is 72.2 Å². The maximum atomic E-state index is 12.5. The molecule has 2 amide bonds. The van der Waals surface area contributed by atoms with Crippen molar-refractivity contribution in [2.24, 2.45) is 5.92 Å². The number of hydrogen-bond donors (Lipinski definition) is 1. The van der Waals surface area contributed by atoms with Gasteiger partial charge in [0.1, 0.15) is 6.61 Å². The Labute approximate surface area is 160 Å². The molecule has 0 unspecified atom stereocenters. The van der Waals surface area contributed by atoms with Gasteiger partial charge in [-0.1, -0.05) is 37.8 Å². The zero-order chi connectivity index (χ0) is 19.6. The fourth-order valence-corrected chi connectivity index (χ4v) is 3.92. The average molecular weight is 370 g/mol. The molecule has 6 heteroatoms. The molecule has 0 radical (unpaired) electrons. The van der Waals surface area contributed by atoms with Crippen molar-refractivity contribution >= 4 is 11.8 Å². The molecule has 1 N–H and O–H groups in total. The van der Waals surface area contributed by atoms with Crippen molar-refractivity contribution in [2.75, 3.05) is 33.4 Å². The fraction of sp³-hybridized carbons (Fsp3) is 0.524. The number of piperazine rings is 1. The normalized spacial score (nSPS) is 24.2. The molecular weight excluding hydrogens is 344 g/mol. The highest BCUT2D eigenvalue weighted by Crippen LogP contribution is 2.42. The lowest BCUT2D eigenvalue weighted by molar-refractivity contribution is -0.168. The first-order valence-electron chi connectivity index (χ1n) is 9.26. The van der Waals surface area contributed by atoms with E-state index in [1.165, 1.54) is 7.11 Å². The number of ether oxygens (including phenoxy) is 1. The molecule has 1 aromatic carbocycles. The van der Waals surface area contributed by atoms with Crippen LogP contribution in [0.15, 0.2) is 24.3 Å². The van der Waals surface area contributed by atoms with Crippen molar-refractivity contribution < 1.29 is 19.4 Å². The molecule has 2 saturated heterocycles. The van der Waals surface area contributed by atoms with Gasteiger partial charge in [0.05, 0.1) is 25.2 Å². The predicted molar refractivity (Wildman–Crippen MR) is 101 cm³/mol. The summed E-state index contributed by atoms with van der Waals surface area (Å²) in [5.74, 6) is 6.29. The van der Waals surface area contributed by atoms with Crippen LogP contribution >= 0.6 is 0 Å². The van der Waals surface area contributed by atoms with Crippen LogP contribution < -0.4 is 0 Å². The summed E-state index contributed by atoms with van der Waals surface area (Å²) in [5, 5.41) is 9.82. The number of carbonyl (C=O) groups excluding carboxylic acids is 2. The lowest BCUT2D eigenvalue weighted by Gasteiger charge is -2.58. The van der Waals surface area contributed by atoms with Gasteiger partial charge in [-0.3, -0.25) is 9.59 Å². The van der Waals surface area contributed by atoms with Gasteiger partial charge in [-0.05, 0) is 17.7 Å². The summed E-state index contributed by atoms with van der Waals surface area (Å²) in [6.07, 6.45) is 0. The molecule has 144 valence electrons. The molecule has 0 saturated carbocycles. The molecular formula is C21H26N2O4. The molecule has 6 nitrogen and oxygen atoms in total. The smallest absolute Gasteiger partial charge is 0.249 e. The lowest BCUT2D eigenvalue weighted by Crippen LogP contribution is -2.73. The minimum Gasteiger partial charge on any atom is -0.394 e. The summed E-state index contributed by atoms with van der Waals surface area (Å²) in [6, 6.07) is 7.61. The summed E-state index contributed by atoms with van der Waals surface area (Å²) < 4.78 is 4.91. The van der Waals surface area contributed by atoms with E-state index in [9.17, 15) is 14.7 Å². The summed E-state index contributed by atoms with van der Waals surface area (Å²) in [5.41, 5.74) is 2.00. The topological polar surface area (TPSA) is 70.1 Å². The Morgan fingerprint density at radius 2 is 2.04 bits per heavy atom. The number of fused-ring (bicyclic) bond motifs is 1. The quantitative estimate of drug-likeness (QED) is 0.798. The second kappa shape index (κ2) is 8.12. The Kier molecular flexibility index (Phi) is 5.83.